The Hall–Kier alpha value is -1.01. The van der Waals surface area contributed by atoms with Gasteiger partial charge in [0, 0.05) is 51.3 Å². The van der Waals surface area contributed by atoms with E-state index in [-0.39, 0.29) is 42.2 Å². The highest BCUT2D eigenvalue weighted by Crippen LogP contribution is 2.50. The number of hydrogen-bond donors (Lipinski definition) is 1. The van der Waals surface area contributed by atoms with Crippen molar-refractivity contribution in [3.63, 3.8) is 0 Å². The average Bonchev–Trinajstić information content (AvgIpc) is 2.59. The number of anilines is 1. The van der Waals surface area contributed by atoms with Gasteiger partial charge in [-0.15, -0.1) is 24.8 Å². The number of carbonyl (C=O) groups is 1. The van der Waals surface area contributed by atoms with E-state index >= 15 is 0 Å². The summed E-state index contributed by atoms with van der Waals surface area (Å²) in [6.07, 6.45) is 0.641. The molecule has 2 rings (SSSR count). The van der Waals surface area contributed by atoms with Crippen LogP contribution in [0.4, 0.5) is 5.69 Å². The van der Waals surface area contributed by atoms with Crippen molar-refractivity contribution in [3.05, 3.63) is 30.3 Å². The average molecular weight is 406 g/mol. The van der Waals surface area contributed by atoms with Crippen LogP contribution >= 0.6 is 24.8 Å². The zero-order chi connectivity index (χ0) is 18.0. The Balaban J connectivity index is 0.00000312. The van der Waals surface area contributed by atoms with Crippen molar-refractivity contribution in [1.82, 2.24) is 4.90 Å². The predicted molar refractivity (Wildman–Crippen MR) is 113 cm³/mol. The lowest BCUT2D eigenvalue weighted by Gasteiger charge is -2.58. The molecule has 0 saturated heterocycles. The van der Waals surface area contributed by atoms with E-state index in [4.69, 9.17) is 10.5 Å². The minimum Gasteiger partial charge on any atom is -0.378 e. The van der Waals surface area contributed by atoms with Gasteiger partial charge in [-0.3, -0.25) is 4.79 Å². The number of para-hydroxylation sites is 1. The first-order valence-corrected chi connectivity index (χ1v) is 8.66. The molecule has 1 amide bonds. The van der Waals surface area contributed by atoms with Crippen LogP contribution in [0.3, 0.4) is 0 Å². The zero-order valence-corrected chi connectivity index (χ0v) is 18.0. The highest BCUT2D eigenvalue weighted by atomic mass is 35.5. The fourth-order valence-corrected chi connectivity index (χ4v) is 3.35. The Bertz CT molecular complexity index is 571. The van der Waals surface area contributed by atoms with E-state index < -0.39 is 5.54 Å². The highest BCUT2D eigenvalue weighted by Gasteiger charge is 2.63. The summed E-state index contributed by atoms with van der Waals surface area (Å²) < 4.78 is 5.72. The summed E-state index contributed by atoms with van der Waals surface area (Å²) in [5, 5.41) is 0. The molecule has 0 bridgehead atoms. The van der Waals surface area contributed by atoms with Crippen LogP contribution in [0.15, 0.2) is 30.3 Å². The monoisotopic (exact) mass is 405 g/mol. The molecule has 0 aliphatic heterocycles. The lowest BCUT2D eigenvalue weighted by Crippen LogP contribution is -2.75. The number of halogens is 2. The Morgan fingerprint density at radius 2 is 1.77 bits per heavy atom. The summed E-state index contributed by atoms with van der Waals surface area (Å²) in [6, 6.07) is 10.2. The molecule has 2 N–H and O–H groups in total. The minimum absolute atomic E-state index is 0. The van der Waals surface area contributed by atoms with Gasteiger partial charge in [0.2, 0.25) is 5.91 Å². The Kier molecular flexibility index (Phi) is 9.41. The number of amides is 1. The van der Waals surface area contributed by atoms with Crippen LogP contribution in [-0.2, 0) is 9.53 Å². The molecular weight excluding hydrogens is 373 g/mol. The molecule has 5 nitrogen and oxygen atoms in total. The number of likely N-dealkylation sites (N-methyl/N-ethyl adjacent to an activating group) is 2. The number of rotatable bonds is 7. The summed E-state index contributed by atoms with van der Waals surface area (Å²) >= 11 is 0. The van der Waals surface area contributed by atoms with Gasteiger partial charge in [0.1, 0.15) is 5.54 Å². The first kappa shape index (κ1) is 25.0. The Morgan fingerprint density at radius 3 is 2.27 bits per heavy atom. The minimum atomic E-state index is -0.840. The van der Waals surface area contributed by atoms with Gasteiger partial charge in [-0.1, -0.05) is 32.0 Å². The molecule has 0 aromatic heterocycles. The summed E-state index contributed by atoms with van der Waals surface area (Å²) in [4.78, 5) is 16.8. The van der Waals surface area contributed by atoms with Gasteiger partial charge in [-0.25, -0.2) is 0 Å². The lowest BCUT2D eigenvalue weighted by atomic mass is 9.54. The summed E-state index contributed by atoms with van der Waals surface area (Å²) in [7, 11) is 3.87. The van der Waals surface area contributed by atoms with Crippen LogP contribution in [0.1, 0.15) is 27.2 Å². The molecule has 1 aromatic rings. The molecule has 0 spiro atoms. The first-order valence-electron chi connectivity index (χ1n) is 8.66. The smallest absolute Gasteiger partial charge is 0.243 e. The van der Waals surface area contributed by atoms with Crippen molar-refractivity contribution in [2.24, 2.45) is 11.1 Å². The van der Waals surface area contributed by atoms with E-state index in [1.807, 2.05) is 53.1 Å². The van der Waals surface area contributed by atoms with E-state index in [2.05, 4.69) is 17.0 Å². The number of carbonyl (C=O) groups excluding carboxylic acids is 1. The highest BCUT2D eigenvalue weighted by molar-refractivity contribution is 5.88. The molecule has 1 aliphatic carbocycles. The van der Waals surface area contributed by atoms with Gasteiger partial charge in [-0.05, 0) is 19.1 Å². The topological polar surface area (TPSA) is 58.8 Å². The standard InChI is InChI=1S/C19H31N3O2.2ClH/c1-6-24-16-14-19(20,18(16,2)3)17(23)22(5)13-12-21(4)15-10-8-7-9-11-15;;/h7-11,16H,6,12-14,20H2,1-5H3;2*1H. The van der Waals surface area contributed by atoms with Crippen molar-refractivity contribution in [3.8, 4) is 0 Å². The summed E-state index contributed by atoms with van der Waals surface area (Å²) in [5.41, 5.74) is 6.43. The molecule has 1 aromatic carbocycles. The molecule has 2 unspecified atom stereocenters. The van der Waals surface area contributed by atoms with E-state index in [1.54, 1.807) is 4.90 Å². The Morgan fingerprint density at radius 1 is 1.19 bits per heavy atom. The van der Waals surface area contributed by atoms with Crippen molar-refractivity contribution >= 4 is 36.4 Å². The van der Waals surface area contributed by atoms with Gasteiger partial charge >= 0.3 is 0 Å². The molecular formula is C19H33Cl2N3O2. The van der Waals surface area contributed by atoms with Crippen LogP contribution < -0.4 is 10.6 Å². The summed E-state index contributed by atoms with van der Waals surface area (Å²) in [6.45, 7) is 8.07. The zero-order valence-electron chi connectivity index (χ0n) is 16.4. The van der Waals surface area contributed by atoms with Gasteiger partial charge in [0.05, 0.1) is 6.10 Å². The van der Waals surface area contributed by atoms with Crippen LogP contribution in [0.25, 0.3) is 0 Å². The van der Waals surface area contributed by atoms with Crippen LogP contribution in [0.5, 0.6) is 0 Å². The van der Waals surface area contributed by atoms with E-state index in [9.17, 15) is 4.79 Å². The van der Waals surface area contributed by atoms with E-state index in [0.29, 0.717) is 19.6 Å². The maximum atomic E-state index is 12.9. The predicted octanol–water partition coefficient (Wildman–Crippen LogP) is 2.96. The van der Waals surface area contributed by atoms with E-state index in [0.717, 1.165) is 12.2 Å². The molecule has 1 saturated carbocycles. The van der Waals surface area contributed by atoms with Crippen molar-refractivity contribution in [1.29, 1.82) is 0 Å². The third kappa shape index (κ3) is 4.63. The third-order valence-corrected chi connectivity index (χ3v) is 5.53. The molecule has 2 atom stereocenters. The number of nitrogens with zero attached hydrogens (tertiary/aromatic N) is 2. The third-order valence-electron chi connectivity index (χ3n) is 5.53. The largest absolute Gasteiger partial charge is 0.378 e. The SMILES string of the molecule is CCOC1CC(N)(C(=O)N(C)CCN(C)c2ccccc2)C1(C)C.Cl.Cl. The Labute approximate surface area is 170 Å². The van der Waals surface area contributed by atoms with Crippen molar-refractivity contribution in [2.75, 3.05) is 38.7 Å². The molecule has 0 heterocycles. The molecule has 7 heteroatoms. The molecule has 0 radical (unpaired) electrons. The number of benzene rings is 1. The number of ether oxygens (including phenoxy) is 1. The second-order valence-electron chi connectivity index (χ2n) is 7.32. The molecule has 1 fully saturated rings. The van der Waals surface area contributed by atoms with Crippen LogP contribution in [-0.4, -0.2) is 56.2 Å². The fraction of sp³-hybridized carbons (Fsp3) is 0.632. The molecule has 1 aliphatic rings. The lowest BCUT2D eigenvalue weighted by molar-refractivity contribution is -0.178. The van der Waals surface area contributed by atoms with Gasteiger partial charge < -0.3 is 20.3 Å². The number of nitrogens with two attached hydrogens (primary N) is 1. The maximum Gasteiger partial charge on any atom is 0.243 e. The first-order chi connectivity index (χ1) is 11.2. The van der Waals surface area contributed by atoms with Crippen molar-refractivity contribution < 1.29 is 9.53 Å². The molecule has 26 heavy (non-hydrogen) atoms. The van der Waals surface area contributed by atoms with E-state index in [1.165, 1.54) is 0 Å². The molecule has 150 valence electrons. The van der Waals surface area contributed by atoms with Crippen molar-refractivity contribution in [2.45, 2.75) is 38.8 Å². The van der Waals surface area contributed by atoms with Crippen LogP contribution in [0, 0.1) is 5.41 Å². The van der Waals surface area contributed by atoms with Gasteiger partial charge in [0.15, 0.2) is 0 Å². The van der Waals surface area contributed by atoms with Crippen LogP contribution in [0.2, 0.25) is 0 Å². The maximum absolute atomic E-state index is 12.9. The second-order valence-corrected chi connectivity index (χ2v) is 7.32. The fourth-order valence-electron chi connectivity index (χ4n) is 3.35. The van der Waals surface area contributed by atoms with Gasteiger partial charge in [-0.2, -0.15) is 0 Å². The normalized spacial score (nSPS) is 23.1. The number of hydrogen-bond acceptors (Lipinski definition) is 4. The van der Waals surface area contributed by atoms with Gasteiger partial charge in [0.25, 0.3) is 0 Å². The summed E-state index contributed by atoms with van der Waals surface area (Å²) in [5.74, 6) is 0.00455. The second kappa shape index (κ2) is 9.79. The quantitative estimate of drug-likeness (QED) is 0.757.